The number of benzene rings is 5. The Morgan fingerprint density at radius 1 is 0.714 bits per heavy atom. The highest BCUT2D eigenvalue weighted by atomic mass is 16.3. The van der Waals surface area contributed by atoms with Crippen molar-refractivity contribution in [3.63, 3.8) is 0 Å². The van der Waals surface area contributed by atoms with Crippen molar-refractivity contribution >= 4 is 73.5 Å². The number of para-hydroxylation sites is 2. The maximum Gasteiger partial charge on any atom is 0.252 e. The van der Waals surface area contributed by atoms with Crippen LogP contribution < -0.4 is 26.2 Å². The molecule has 1 fully saturated rings. The van der Waals surface area contributed by atoms with Crippen molar-refractivity contribution in [3.8, 4) is 0 Å². The first-order chi connectivity index (χ1) is 23.4. The fourth-order valence-electron chi connectivity index (χ4n) is 10.7. The second kappa shape index (κ2) is 9.41. The van der Waals surface area contributed by atoms with Crippen LogP contribution in [-0.4, -0.2) is 12.3 Å². The van der Waals surface area contributed by atoms with E-state index in [1.54, 1.807) is 5.56 Å². The zero-order valence-electron chi connectivity index (χ0n) is 30.2. The standard InChI is InChI=1S/C45H45BN2O/c1-26-22-34-39-35(23-26)48-41-31(44(7)20-11-12-21-45(44,48)8)15-13-16-32(41)46(39)33-18-19-37-38(30-14-9-10-17-36(30)49-37)42(33)47(34)40-27(2)24-29(25-28(40)3)43(4,5)6/h9-10,13-19,22-25H,11-12,20-21H2,1-8H3. The average molecular weight is 641 g/mol. The molecule has 0 amide bonds. The Labute approximate surface area is 291 Å². The molecule has 0 radical (unpaired) electrons. The third-order valence-corrected chi connectivity index (χ3v) is 13.2. The van der Waals surface area contributed by atoms with Gasteiger partial charge in [0.1, 0.15) is 11.2 Å². The number of hydrogen-bond donors (Lipinski definition) is 0. The maximum atomic E-state index is 6.62. The number of fused-ring (bicyclic) bond motifs is 11. The molecule has 5 aromatic carbocycles. The van der Waals surface area contributed by atoms with E-state index in [-0.39, 0.29) is 23.1 Å². The highest BCUT2D eigenvalue weighted by Gasteiger charge is 2.61. The van der Waals surface area contributed by atoms with Crippen molar-refractivity contribution in [2.45, 2.75) is 97.4 Å². The first-order valence-corrected chi connectivity index (χ1v) is 18.4. The summed E-state index contributed by atoms with van der Waals surface area (Å²) < 4.78 is 6.62. The Morgan fingerprint density at radius 3 is 2.20 bits per heavy atom. The molecular weight excluding hydrogens is 595 g/mol. The fourth-order valence-corrected chi connectivity index (χ4v) is 10.7. The minimum absolute atomic E-state index is 0.0201. The molecule has 4 aliphatic rings. The number of aryl methyl sites for hydroxylation is 3. The van der Waals surface area contributed by atoms with Crippen LogP contribution in [0.1, 0.15) is 88.1 Å². The summed E-state index contributed by atoms with van der Waals surface area (Å²) in [5, 5.41) is 2.39. The van der Waals surface area contributed by atoms with Crippen LogP contribution in [0.3, 0.4) is 0 Å². The Hall–Kier alpha value is -4.44. The summed E-state index contributed by atoms with van der Waals surface area (Å²) in [6.45, 7) is 19.2. The van der Waals surface area contributed by atoms with Gasteiger partial charge in [0.2, 0.25) is 0 Å². The lowest BCUT2D eigenvalue weighted by Gasteiger charge is -2.53. The van der Waals surface area contributed by atoms with Gasteiger partial charge in [-0.2, -0.15) is 0 Å². The van der Waals surface area contributed by atoms with Crippen molar-refractivity contribution in [1.82, 2.24) is 0 Å². The van der Waals surface area contributed by atoms with Crippen LogP contribution in [0.4, 0.5) is 28.4 Å². The quantitative estimate of drug-likeness (QED) is 0.167. The topological polar surface area (TPSA) is 19.6 Å². The molecule has 1 saturated carbocycles. The molecule has 0 bridgehead atoms. The van der Waals surface area contributed by atoms with Gasteiger partial charge in [0.05, 0.1) is 22.3 Å². The molecule has 244 valence electrons. The summed E-state index contributed by atoms with van der Waals surface area (Å²) in [6, 6.07) is 30.3. The van der Waals surface area contributed by atoms with Crippen LogP contribution in [0.5, 0.6) is 0 Å². The lowest BCUT2D eigenvalue weighted by molar-refractivity contribution is 0.195. The lowest BCUT2D eigenvalue weighted by atomic mass is 9.33. The molecule has 6 aromatic rings. The number of hydrogen-bond acceptors (Lipinski definition) is 3. The van der Waals surface area contributed by atoms with E-state index in [0.29, 0.717) is 0 Å². The van der Waals surface area contributed by atoms with Gasteiger partial charge in [0.25, 0.3) is 6.71 Å². The molecule has 2 atom stereocenters. The van der Waals surface area contributed by atoms with E-state index in [9.17, 15) is 0 Å². The van der Waals surface area contributed by atoms with Crippen LogP contribution >= 0.6 is 0 Å². The highest BCUT2D eigenvalue weighted by molar-refractivity contribution is 7.00. The smallest absolute Gasteiger partial charge is 0.252 e. The van der Waals surface area contributed by atoms with Gasteiger partial charge in [-0.1, -0.05) is 95.1 Å². The van der Waals surface area contributed by atoms with Crippen LogP contribution in [0, 0.1) is 20.8 Å². The molecular formula is C45H45BN2O. The Balaban J connectivity index is 1.37. The van der Waals surface area contributed by atoms with Gasteiger partial charge in [-0.3, -0.25) is 0 Å². The zero-order chi connectivity index (χ0) is 33.8. The molecule has 0 N–H and O–H groups in total. The molecule has 1 aromatic heterocycles. The molecule has 1 aliphatic carbocycles. The van der Waals surface area contributed by atoms with E-state index in [2.05, 4.69) is 144 Å². The Bertz CT molecular complexity index is 2410. The summed E-state index contributed by atoms with van der Waals surface area (Å²) >= 11 is 0. The van der Waals surface area contributed by atoms with Gasteiger partial charge < -0.3 is 14.2 Å². The molecule has 3 nitrogen and oxygen atoms in total. The highest BCUT2D eigenvalue weighted by Crippen LogP contribution is 2.62. The molecule has 2 unspecified atom stereocenters. The first-order valence-electron chi connectivity index (χ1n) is 18.4. The van der Waals surface area contributed by atoms with Crippen LogP contribution in [0.2, 0.25) is 0 Å². The van der Waals surface area contributed by atoms with Crippen molar-refractivity contribution < 1.29 is 4.42 Å². The fraction of sp³-hybridized carbons (Fsp3) is 0.333. The first kappa shape index (κ1) is 29.5. The minimum atomic E-state index is 0.0201. The van der Waals surface area contributed by atoms with Crippen LogP contribution in [0.15, 0.2) is 83.3 Å². The Kier molecular flexibility index (Phi) is 5.66. The predicted octanol–water partition coefficient (Wildman–Crippen LogP) is 10.2. The van der Waals surface area contributed by atoms with E-state index in [0.717, 1.165) is 11.2 Å². The summed E-state index contributed by atoms with van der Waals surface area (Å²) in [6.07, 6.45) is 5.02. The number of furan rings is 1. The second-order valence-electron chi connectivity index (χ2n) is 17.1. The van der Waals surface area contributed by atoms with E-state index in [4.69, 9.17) is 4.42 Å². The number of rotatable bonds is 1. The van der Waals surface area contributed by atoms with E-state index >= 15 is 0 Å². The SMILES string of the molecule is Cc1cc2c3c(c1)N1c4c(cccc4C4(C)CCCCC14C)B3c1ccc3oc4ccccc4c3c1N2c1c(C)cc(C(C)(C)C)cc1C. The van der Waals surface area contributed by atoms with Gasteiger partial charge in [0.15, 0.2) is 0 Å². The average Bonchev–Trinajstić information content (AvgIpc) is 3.54. The summed E-state index contributed by atoms with van der Waals surface area (Å²) in [5.74, 6) is 0. The number of anilines is 5. The van der Waals surface area contributed by atoms with E-state index in [1.165, 1.54) is 104 Å². The maximum absolute atomic E-state index is 6.62. The zero-order valence-corrected chi connectivity index (χ0v) is 30.2. The summed E-state index contributed by atoms with van der Waals surface area (Å²) in [5.41, 5.74) is 19.9. The third kappa shape index (κ3) is 3.55. The summed E-state index contributed by atoms with van der Waals surface area (Å²) in [7, 11) is 0. The normalized spacial score (nSPS) is 22.0. The van der Waals surface area contributed by atoms with Gasteiger partial charge >= 0.3 is 0 Å². The molecule has 0 spiro atoms. The second-order valence-corrected chi connectivity index (χ2v) is 17.1. The molecule has 49 heavy (non-hydrogen) atoms. The number of nitrogens with zero attached hydrogens (tertiary/aromatic N) is 2. The van der Waals surface area contributed by atoms with Gasteiger partial charge in [-0.25, -0.2) is 0 Å². The summed E-state index contributed by atoms with van der Waals surface area (Å²) in [4.78, 5) is 5.48. The van der Waals surface area contributed by atoms with Crippen molar-refractivity contribution in [2.24, 2.45) is 0 Å². The molecule has 10 rings (SSSR count). The minimum Gasteiger partial charge on any atom is -0.456 e. The van der Waals surface area contributed by atoms with Crippen molar-refractivity contribution in [1.29, 1.82) is 0 Å². The van der Waals surface area contributed by atoms with Gasteiger partial charge in [-0.15, -0.1) is 0 Å². The van der Waals surface area contributed by atoms with Crippen LogP contribution in [-0.2, 0) is 10.8 Å². The third-order valence-electron chi connectivity index (χ3n) is 13.2. The van der Waals surface area contributed by atoms with Crippen molar-refractivity contribution in [2.75, 3.05) is 9.80 Å². The molecule has 4 heteroatoms. The monoisotopic (exact) mass is 640 g/mol. The molecule has 3 aliphatic heterocycles. The lowest BCUT2D eigenvalue weighted by Crippen LogP contribution is -2.64. The van der Waals surface area contributed by atoms with Crippen LogP contribution in [0.25, 0.3) is 21.9 Å². The van der Waals surface area contributed by atoms with E-state index < -0.39 is 0 Å². The largest absolute Gasteiger partial charge is 0.456 e. The molecule has 4 heterocycles. The Morgan fingerprint density at radius 2 is 1.43 bits per heavy atom. The van der Waals surface area contributed by atoms with E-state index in [1.807, 2.05) is 0 Å². The molecule has 0 saturated heterocycles. The van der Waals surface area contributed by atoms with Gasteiger partial charge in [-0.05, 0) is 114 Å². The predicted molar refractivity (Wildman–Crippen MR) is 209 cm³/mol. The van der Waals surface area contributed by atoms with Crippen molar-refractivity contribution in [3.05, 3.63) is 107 Å². The van der Waals surface area contributed by atoms with Gasteiger partial charge in [0, 0.05) is 27.9 Å².